The van der Waals surface area contributed by atoms with E-state index in [-0.39, 0.29) is 18.8 Å². The number of hydrogen-bond donors (Lipinski definition) is 3. The van der Waals surface area contributed by atoms with Crippen molar-refractivity contribution < 1.29 is 19.8 Å². The lowest BCUT2D eigenvalue weighted by Gasteiger charge is -2.05. The van der Waals surface area contributed by atoms with Crippen molar-refractivity contribution in [3.05, 3.63) is 23.3 Å². The fraction of sp³-hybridized carbons (Fsp3) is 0.417. The molecule has 3 N–H and O–H groups in total. The Labute approximate surface area is 119 Å². The number of aliphatic hydroxyl groups is 1. The van der Waals surface area contributed by atoms with E-state index in [0.717, 1.165) is 11.4 Å². The maximum Gasteiger partial charge on any atom is 0.332 e. The predicted octanol–water partition coefficient (Wildman–Crippen LogP) is -0.693. The zero-order valence-electron chi connectivity index (χ0n) is 11.6. The van der Waals surface area contributed by atoms with E-state index in [9.17, 15) is 9.59 Å². The van der Waals surface area contributed by atoms with Crippen LogP contribution in [0, 0.1) is 13.8 Å². The number of carbonyl (C=O) groups is 2. The Hall–Kier alpha value is -2.55. The molecule has 0 saturated heterocycles. The van der Waals surface area contributed by atoms with Crippen LogP contribution in [0.5, 0.6) is 0 Å². The highest BCUT2D eigenvalue weighted by Gasteiger charge is 2.17. The number of carbonyl (C=O) groups excluding carboxylic acids is 1. The second-order valence-electron chi connectivity index (χ2n) is 4.58. The molecule has 2 rings (SSSR count). The molecule has 0 fully saturated rings. The van der Waals surface area contributed by atoms with E-state index in [1.54, 1.807) is 0 Å². The largest absolute Gasteiger partial charge is 0.479 e. The maximum absolute atomic E-state index is 11.9. The van der Waals surface area contributed by atoms with Crippen LogP contribution in [0.15, 0.2) is 6.07 Å². The third-order valence-corrected chi connectivity index (χ3v) is 2.81. The summed E-state index contributed by atoms with van der Waals surface area (Å²) in [6.07, 6.45) is -1.60. The minimum Gasteiger partial charge on any atom is -0.479 e. The first-order chi connectivity index (χ1) is 9.88. The van der Waals surface area contributed by atoms with Gasteiger partial charge in [-0.25, -0.2) is 14.3 Å². The molecule has 9 nitrogen and oxygen atoms in total. The summed E-state index contributed by atoms with van der Waals surface area (Å²) in [7, 11) is 0. The van der Waals surface area contributed by atoms with Gasteiger partial charge >= 0.3 is 5.97 Å². The van der Waals surface area contributed by atoms with Gasteiger partial charge in [0.15, 0.2) is 6.10 Å². The van der Waals surface area contributed by atoms with E-state index >= 15 is 0 Å². The van der Waals surface area contributed by atoms with Crippen molar-refractivity contribution in [2.75, 3.05) is 6.54 Å². The molecule has 21 heavy (non-hydrogen) atoms. The standard InChI is InChI=1S/C12H15N5O4/c1-6-5-7(2)17-12(14-6)15-9(16-17)10(19)13-4-3-8(18)11(20)21/h5,8,18H,3-4H2,1-2H3,(H,13,19)(H,20,21)/t8-/m0/s1. The van der Waals surface area contributed by atoms with Crippen LogP contribution in [-0.4, -0.2) is 54.3 Å². The van der Waals surface area contributed by atoms with Gasteiger partial charge in [-0.3, -0.25) is 4.79 Å². The smallest absolute Gasteiger partial charge is 0.332 e. The lowest BCUT2D eigenvalue weighted by Crippen LogP contribution is -2.30. The summed E-state index contributed by atoms with van der Waals surface area (Å²) in [5.74, 6) is -1.61. The van der Waals surface area contributed by atoms with Gasteiger partial charge in [-0.15, -0.1) is 5.10 Å². The number of aliphatic hydroxyl groups excluding tert-OH is 1. The molecular weight excluding hydrogens is 278 g/mol. The Morgan fingerprint density at radius 1 is 1.38 bits per heavy atom. The van der Waals surface area contributed by atoms with Crippen molar-refractivity contribution >= 4 is 17.7 Å². The van der Waals surface area contributed by atoms with Crippen molar-refractivity contribution in [3.63, 3.8) is 0 Å². The Morgan fingerprint density at radius 3 is 2.76 bits per heavy atom. The van der Waals surface area contributed by atoms with Gasteiger partial charge in [-0.2, -0.15) is 4.98 Å². The zero-order chi connectivity index (χ0) is 15.6. The number of carboxylic acids is 1. The molecule has 1 atom stereocenters. The Kier molecular flexibility index (Phi) is 4.13. The van der Waals surface area contributed by atoms with E-state index in [1.807, 2.05) is 19.9 Å². The van der Waals surface area contributed by atoms with Gasteiger partial charge in [-0.05, 0) is 19.9 Å². The molecule has 0 aromatic carbocycles. The number of nitrogens with zero attached hydrogens (tertiary/aromatic N) is 4. The van der Waals surface area contributed by atoms with Crippen molar-refractivity contribution in [1.29, 1.82) is 0 Å². The van der Waals surface area contributed by atoms with Crippen LogP contribution >= 0.6 is 0 Å². The Balaban J connectivity index is 2.06. The van der Waals surface area contributed by atoms with Gasteiger partial charge in [0.25, 0.3) is 11.7 Å². The van der Waals surface area contributed by atoms with Gasteiger partial charge in [-0.1, -0.05) is 0 Å². The van der Waals surface area contributed by atoms with E-state index in [0.29, 0.717) is 5.78 Å². The van der Waals surface area contributed by atoms with Crippen LogP contribution < -0.4 is 5.32 Å². The minimum absolute atomic E-state index is 0.00723. The average Bonchev–Trinajstić information content (AvgIpc) is 2.82. The molecule has 9 heteroatoms. The van der Waals surface area contributed by atoms with Gasteiger partial charge in [0.05, 0.1) is 0 Å². The molecule has 2 heterocycles. The van der Waals surface area contributed by atoms with Crippen molar-refractivity contribution in [3.8, 4) is 0 Å². The molecule has 0 aliphatic carbocycles. The first-order valence-electron chi connectivity index (χ1n) is 6.28. The second kappa shape index (κ2) is 5.83. The summed E-state index contributed by atoms with van der Waals surface area (Å²) in [6.45, 7) is 3.64. The van der Waals surface area contributed by atoms with Gasteiger partial charge in [0.2, 0.25) is 5.82 Å². The fourth-order valence-electron chi connectivity index (χ4n) is 1.79. The number of hydrogen-bond acceptors (Lipinski definition) is 6. The Morgan fingerprint density at radius 2 is 2.10 bits per heavy atom. The van der Waals surface area contributed by atoms with Crippen LogP contribution in [0.1, 0.15) is 28.4 Å². The minimum atomic E-state index is -1.51. The number of nitrogens with one attached hydrogen (secondary N) is 1. The molecular formula is C12H15N5O4. The van der Waals surface area contributed by atoms with E-state index in [2.05, 4.69) is 20.4 Å². The highest BCUT2D eigenvalue weighted by Crippen LogP contribution is 2.05. The number of aromatic nitrogens is 4. The summed E-state index contributed by atoms with van der Waals surface area (Å²) in [4.78, 5) is 30.5. The first kappa shape index (κ1) is 14.9. The summed E-state index contributed by atoms with van der Waals surface area (Å²) in [6, 6.07) is 1.81. The van der Waals surface area contributed by atoms with Crippen LogP contribution in [0.3, 0.4) is 0 Å². The first-order valence-corrected chi connectivity index (χ1v) is 6.28. The van der Waals surface area contributed by atoms with Crippen LogP contribution in [-0.2, 0) is 4.79 Å². The molecule has 112 valence electrons. The number of aryl methyl sites for hydroxylation is 2. The Bertz CT molecular complexity index is 696. The van der Waals surface area contributed by atoms with Gasteiger partial charge in [0, 0.05) is 24.4 Å². The lowest BCUT2D eigenvalue weighted by molar-refractivity contribution is -0.146. The quantitative estimate of drug-likeness (QED) is 0.665. The maximum atomic E-state index is 11.9. The molecule has 2 aromatic heterocycles. The zero-order valence-corrected chi connectivity index (χ0v) is 11.6. The molecule has 2 aromatic rings. The average molecular weight is 293 g/mol. The van der Waals surface area contributed by atoms with Crippen LogP contribution in [0.2, 0.25) is 0 Å². The monoisotopic (exact) mass is 293 g/mol. The molecule has 1 amide bonds. The molecule has 0 spiro atoms. The van der Waals surface area contributed by atoms with Crippen molar-refractivity contribution in [2.45, 2.75) is 26.4 Å². The highest BCUT2D eigenvalue weighted by atomic mass is 16.4. The lowest BCUT2D eigenvalue weighted by atomic mass is 10.2. The van der Waals surface area contributed by atoms with Crippen LogP contribution in [0.25, 0.3) is 5.78 Å². The molecule has 0 bridgehead atoms. The number of amides is 1. The molecule has 0 aliphatic heterocycles. The summed E-state index contributed by atoms with van der Waals surface area (Å²) in [5.41, 5.74) is 1.56. The van der Waals surface area contributed by atoms with E-state index in [4.69, 9.17) is 10.2 Å². The van der Waals surface area contributed by atoms with Gasteiger partial charge in [0.1, 0.15) is 0 Å². The number of fused-ring (bicyclic) bond motifs is 1. The fourth-order valence-corrected chi connectivity index (χ4v) is 1.79. The van der Waals surface area contributed by atoms with Gasteiger partial charge < -0.3 is 15.5 Å². The number of rotatable bonds is 5. The second-order valence-corrected chi connectivity index (χ2v) is 4.58. The highest BCUT2D eigenvalue weighted by molar-refractivity contribution is 5.90. The number of aliphatic carboxylic acids is 1. The van der Waals surface area contributed by atoms with Crippen molar-refractivity contribution in [2.24, 2.45) is 0 Å². The normalized spacial score (nSPS) is 12.3. The topological polar surface area (TPSA) is 130 Å². The van der Waals surface area contributed by atoms with E-state index in [1.165, 1.54) is 4.52 Å². The third-order valence-electron chi connectivity index (χ3n) is 2.81. The number of carboxylic acid groups (broad SMARTS) is 1. The molecule has 0 aliphatic rings. The van der Waals surface area contributed by atoms with Crippen molar-refractivity contribution in [1.82, 2.24) is 24.9 Å². The summed E-state index contributed by atoms with van der Waals surface area (Å²) >= 11 is 0. The summed E-state index contributed by atoms with van der Waals surface area (Å²) < 4.78 is 1.45. The SMILES string of the molecule is Cc1cc(C)n2nc(C(=O)NCC[C@H](O)C(=O)O)nc2n1. The molecule has 0 saturated carbocycles. The van der Waals surface area contributed by atoms with E-state index < -0.39 is 18.0 Å². The summed E-state index contributed by atoms with van der Waals surface area (Å²) in [5, 5.41) is 24.1. The third kappa shape index (κ3) is 3.31. The molecule has 0 unspecified atom stereocenters. The predicted molar refractivity (Wildman–Crippen MR) is 70.8 cm³/mol. The van der Waals surface area contributed by atoms with Crippen LogP contribution in [0.4, 0.5) is 0 Å². The molecule has 0 radical (unpaired) electrons.